The van der Waals surface area contributed by atoms with E-state index in [9.17, 15) is 4.79 Å². The topological polar surface area (TPSA) is 48.2 Å². The van der Waals surface area contributed by atoms with Gasteiger partial charge in [-0.3, -0.25) is 4.79 Å². The third-order valence-corrected chi connectivity index (χ3v) is 5.05. The van der Waals surface area contributed by atoms with E-state index in [-0.39, 0.29) is 5.91 Å². The zero-order chi connectivity index (χ0) is 20.4. The van der Waals surface area contributed by atoms with Crippen LogP contribution in [-0.4, -0.2) is 22.2 Å². The van der Waals surface area contributed by atoms with E-state index in [1.54, 1.807) is 19.4 Å². The molecule has 0 radical (unpaired) electrons. The highest BCUT2D eigenvalue weighted by atomic mass is 16.5. The van der Waals surface area contributed by atoms with E-state index in [4.69, 9.17) is 4.74 Å². The Bertz CT molecular complexity index is 1260. The van der Waals surface area contributed by atoms with E-state index in [0.717, 1.165) is 38.7 Å². The fourth-order valence-corrected chi connectivity index (χ4v) is 3.69. The normalized spacial score (nSPS) is 11.8. The Kier molecular flexibility index (Phi) is 4.96. The van der Waals surface area contributed by atoms with Crippen LogP contribution in [0.15, 0.2) is 67.1 Å². The summed E-state index contributed by atoms with van der Waals surface area (Å²) in [5.41, 5.74) is 4.19. The monoisotopic (exact) mass is 385 g/mol. The van der Waals surface area contributed by atoms with Crippen molar-refractivity contribution in [1.29, 1.82) is 0 Å². The van der Waals surface area contributed by atoms with Crippen molar-refractivity contribution in [3.05, 3.63) is 78.3 Å². The standard InChI is InChI=1S/C24H23N3O2/c1-26-15-18(19-7-4-5-9-21(19)26)13-14-25-23(28)12-11-17-16-27(2)24-20(17)8-6-10-22(24)29-3/h4-16H,1-3H3,(H,25,28)/b12-11+,14-13+. The molecule has 0 unspecified atom stereocenters. The predicted molar refractivity (Wildman–Crippen MR) is 119 cm³/mol. The second-order valence-corrected chi connectivity index (χ2v) is 6.94. The summed E-state index contributed by atoms with van der Waals surface area (Å²) >= 11 is 0. The number of aryl methyl sites for hydroxylation is 2. The molecule has 29 heavy (non-hydrogen) atoms. The second kappa shape index (κ2) is 7.72. The number of nitrogens with zero attached hydrogens (tertiary/aromatic N) is 2. The molecule has 5 heteroatoms. The molecular formula is C24H23N3O2. The van der Waals surface area contributed by atoms with E-state index in [2.05, 4.69) is 22.0 Å². The van der Waals surface area contributed by atoms with Gasteiger partial charge < -0.3 is 19.2 Å². The molecule has 2 heterocycles. The number of para-hydroxylation sites is 2. The lowest BCUT2D eigenvalue weighted by atomic mass is 10.1. The highest BCUT2D eigenvalue weighted by Gasteiger charge is 2.09. The average molecular weight is 385 g/mol. The Morgan fingerprint density at radius 1 is 0.931 bits per heavy atom. The average Bonchev–Trinajstić information content (AvgIpc) is 3.23. The number of amides is 1. The van der Waals surface area contributed by atoms with Crippen molar-refractivity contribution in [1.82, 2.24) is 14.5 Å². The van der Waals surface area contributed by atoms with Crippen LogP contribution in [0.4, 0.5) is 0 Å². The summed E-state index contributed by atoms with van der Waals surface area (Å²) in [5, 5.41) is 5.00. The van der Waals surface area contributed by atoms with Gasteiger partial charge in [-0.15, -0.1) is 0 Å². The van der Waals surface area contributed by atoms with Gasteiger partial charge in [-0.25, -0.2) is 0 Å². The maximum absolute atomic E-state index is 12.3. The number of nitrogens with one attached hydrogen (secondary N) is 1. The molecule has 0 saturated heterocycles. The van der Waals surface area contributed by atoms with Gasteiger partial charge in [0.05, 0.1) is 12.6 Å². The quantitative estimate of drug-likeness (QED) is 0.515. The number of carbonyl (C=O) groups excluding carboxylic acids is 1. The van der Waals surface area contributed by atoms with Crippen LogP contribution >= 0.6 is 0 Å². The minimum Gasteiger partial charge on any atom is -0.495 e. The van der Waals surface area contributed by atoms with Crippen molar-refractivity contribution >= 4 is 39.9 Å². The van der Waals surface area contributed by atoms with Crippen molar-refractivity contribution in [2.24, 2.45) is 14.1 Å². The van der Waals surface area contributed by atoms with Gasteiger partial charge in [-0.1, -0.05) is 30.3 Å². The number of aromatic nitrogens is 2. The van der Waals surface area contributed by atoms with Gasteiger partial charge in [0.2, 0.25) is 5.91 Å². The van der Waals surface area contributed by atoms with E-state index >= 15 is 0 Å². The molecule has 146 valence electrons. The molecule has 0 fully saturated rings. The number of ether oxygens (including phenoxy) is 1. The van der Waals surface area contributed by atoms with Gasteiger partial charge in [0.1, 0.15) is 5.75 Å². The van der Waals surface area contributed by atoms with Gasteiger partial charge in [0, 0.05) is 66.2 Å². The van der Waals surface area contributed by atoms with Crippen molar-refractivity contribution in [2.75, 3.05) is 7.11 Å². The van der Waals surface area contributed by atoms with Crippen LogP contribution in [0.5, 0.6) is 5.75 Å². The minimum atomic E-state index is -0.179. The molecule has 0 aliphatic carbocycles. The number of methoxy groups -OCH3 is 1. The van der Waals surface area contributed by atoms with Crippen LogP contribution in [0.1, 0.15) is 11.1 Å². The molecule has 0 saturated carbocycles. The van der Waals surface area contributed by atoms with Crippen molar-refractivity contribution in [3.8, 4) is 5.75 Å². The number of rotatable bonds is 5. The highest BCUT2D eigenvalue weighted by molar-refractivity contribution is 5.98. The smallest absolute Gasteiger partial charge is 0.247 e. The summed E-state index contributed by atoms with van der Waals surface area (Å²) in [6.45, 7) is 0. The van der Waals surface area contributed by atoms with Gasteiger partial charge in [0.25, 0.3) is 0 Å². The lowest BCUT2D eigenvalue weighted by Gasteiger charge is -2.03. The second-order valence-electron chi connectivity index (χ2n) is 6.94. The third-order valence-electron chi connectivity index (χ3n) is 5.05. The fraction of sp³-hybridized carbons (Fsp3) is 0.125. The SMILES string of the molecule is COc1cccc2c(/C=C/C(=O)N/C=C/c3cn(C)c4ccccc34)cn(C)c12. The third kappa shape index (κ3) is 3.55. The van der Waals surface area contributed by atoms with Gasteiger partial charge in [-0.05, 0) is 24.3 Å². The molecule has 1 N–H and O–H groups in total. The van der Waals surface area contributed by atoms with Crippen molar-refractivity contribution in [2.45, 2.75) is 0 Å². The molecule has 0 aliphatic rings. The van der Waals surface area contributed by atoms with Crippen molar-refractivity contribution in [3.63, 3.8) is 0 Å². The molecule has 1 amide bonds. The number of benzene rings is 2. The molecule has 0 spiro atoms. The summed E-state index contributed by atoms with van der Waals surface area (Å²) in [7, 11) is 5.64. The predicted octanol–water partition coefficient (Wildman–Crippen LogP) is 4.48. The van der Waals surface area contributed by atoms with Gasteiger partial charge >= 0.3 is 0 Å². The fourth-order valence-electron chi connectivity index (χ4n) is 3.69. The Balaban J connectivity index is 1.49. The number of hydrogen-bond acceptors (Lipinski definition) is 2. The van der Waals surface area contributed by atoms with Crippen LogP contribution in [-0.2, 0) is 18.9 Å². The lowest BCUT2D eigenvalue weighted by Crippen LogP contribution is -2.12. The summed E-state index contributed by atoms with van der Waals surface area (Å²) in [4.78, 5) is 12.3. The first-order valence-corrected chi connectivity index (χ1v) is 9.39. The molecule has 2 aromatic carbocycles. The van der Waals surface area contributed by atoms with E-state index < -0.39 is 0 Å². The van der Waals surface area contributed by atoms with E-state index in [1.807, 2.05) is 73.5 Å². The zero-order valence-electron chi connectivity index (χ0n) is 16.7. The molecule has 5 nitrogen and oxygen atoms in total. The van der Waals surface area contributed by atoms with Gasteiger partial charge in [0.15, 0.2) is 0 Å². The van der Waals surface area contributed by atoms with Crippen LogP contribution in [0.3, 0.4) is 0 Å². The number of fused-ring (bicyclic) bond motifs is 2. The summed E-state index contributed by atoms with van der Waals surface area (Å²) < 4.78 is 9.52. The highest BCUT2D eigenvalue weighted by Crippen LogP contribution is 2.29. The first kappa shape index (κ1) is 18.6. The summed E-state index contributed by atoms with van der Waals surface area (Å²) in [5.74, 6) is 0.633. The van der Waals surface area contributed by atoms with Crippen LogP contribution in [0, 0.1) is 0 Å². The van der Waals surface area contributed by atoms with Gasteiger partial charge in [-0.2, -0.15) is 0 Å². The van der Waals surface area contributed by atoms with Crippen molar-refractivity contribution < 1.29 is 9.53 Å². The Labute approximate surface area is 169 Å². The first-order valence-electron chi connectivity index (χ1n) is 9.39. The molecule has 4 rings (SSSR count). The van der Waals surface area contributed by atoms with Crippen LogP contribution < -0.4 is 10.1 Å². The molecular weight excluding hydrogens is 362 g/mol. The Morgan fingerprint density at radius 2 is 1.66 bits per heavy atom. The molecule has 0 atom stereocenters. The first-order chi connectivity index (χ1) is 14.1. The maximum Gasteiger partial charge on any atom is 0.247 e. The van der Waals surface area contributed by atoms with E-state index in [0.29, 0.717) is 0 Å². The number of carbonyl (C=O) groups is 1. The molecule has 0 aliphatic heterocycles. The number of hydrogen-bond donors (Lipinski definition) is 1. The molecule has 2 aromatic heterocycles. The molecule has 0 bridgehead atoms. The molecule has 4 aromatic rings. The summed E-state index contributed by atoms with van der Waals surface area (Å²) in [6.07, 6.45) is 11.0. The zero-order valence-corrected chi connectivity index (χ0v) is 16.7. The lowest BCUT2D eigenvalue weighted by molar-refractivity contribution is -0.115. The Hall–Kier alpha value is -3.73. The summed E-state index contributed by atoms with van der Waals surface area (Å²) in [6, 6.07) is 14.1. The van der Waals surface area contributed by atoms with E-state index in [1.165, 1.54) is 0 Å². The largest absolute Gasteiger partial charge is 0.495 e. The minimum absolute atomic E-state index is 0.179. The van der Waals surface area contributed by atoms with Crippen LogP contribution in [0.25, 0.3) is 34.0 Å². The maximum atomic E-state index is 12.3. The Morgan fingerprint density at radius 3 is 2.48 bits per heavy atom. The van der Waals surface area contributed by atoms with Crippen LogP contribution in [0.2, 0.25) is 0 Å².